The molecule has 5 N–H and O–H groups in total. The van der Waals surface area contributed by atoms with Crippen molar-refractivity contribution in [2.45, 2.75) is 38.9 Å². The molecule has 0 spiro atoms. The van der Waals surface area contributed by atoms with Crippen LogP contribution in [-0.4, -0.2) is 34.5 Å². The standard InChI is InChI=1S/C31H29BF3N6O3/c1-18(2)32-27-30(44)41(25(16-39-27)22-12-23(31(33,34)35)14-24(36)13-22)17-26(42)38-15-19-8-10-20(11-9-19)28(37)40-29(43)21-6-4-3-5-7-21/h3-14,16,18H,15,17,36H2,1-2H3,(H,38,42)(H2,37,40,43). The highest BCUT2D eigenvalue weighted by Gasteiger charge is 2.31. The van der Waals surface area contributed by atoms with E-state index in [1.807, 2.05) is 13.8 Å². The minimum Gasteiger partial charge on any atom is -0.399 e. The second-order valence-corrected chi connectivity index (χ2v) is 10.3. The van der Waals surface area contributed by atoms with Gasteiger partial charge in [-0.25, -0.2) is 0 Å². The highest BCUT2D eigenvalue weighted by atomic mass is 19.4. The first kappa shape index (κ1) is 31.7. The minimum atomic E-state index is -4.67. The molecule has 0 fully saturated rings. The summed E-state index contributed by atoms with van der Waals surface area (Å²) in [5.74, 6) is -1.13. The summed E-state index contributed by atoms with van der Waals surface area (Å²) in [4.78, 5) is 42.8. The van der Waals surface area contributed by atoms with Gasteiger partial charge in [0.05, 0.1) is 23.0 Å². The zero-order valence-electron chi connectivity index (χ0n) is 23.9. The summed E-state index contributed by atoms with van der Waals surface area (Å²) in [7, 11) is 1.60. The van der Waals surface area contributed by atoms with Crippen molar-refractivity contribution < 1.29 is 22.8 Å². The van der Waals surface area contributed by atoms with Crippen molar-refractivity contribution in [3.63, 3.8) is 0 Å². The van der Waals surface area contributed by atoms with E-state index >= 15 is 0 Å². The van der Waals surface area contributed by atoms with Crippen LogP contribution < -0.4 is 27.5 Å². The molecule has 0 aliphatic carbocycles. The average Bonchev–Trinajstić information content (AvgIpc) is 2.98. The Balaban J connectivity index is 1.50. The summed E-state index contributed by atoms with van der Waals surface area (Å²) in [6.07, 6.45) is -3.42. The molecule has 13 heteroatoms. The van der Waals surface area contributed by atoms with Gasteiger partial charge in [-0.3, -0.25) is 29.3 Å². The molecule has 0 saturated heterocycles. The number of amides is 2. The zero-order chi connectivity index (χ0) is 32.0. The number of nitrogens with one attached hydrogen (secondary N) is 3. The maximum absolute atomic E-state index is 13.5. The Kier molecular flexibility index (Phi) is 9.67. The van der Waals surface area contributed by atoms with Gasteiger partial charge in [-0.15, -0.1) is 0 Å². The fourth-order valence-electron chi connectivity index (χ4n) is 4.32. The van der Waals surface area contributed by atoms with Crippen LogP contribution in [0.25, 0.3) is 11.3 Å². The molecular formula is C31H29BF3N6O3. The van der Waals surface area contributed by atoms with Crippen LogP contribution in [0.5, 0.6) is 0 Å². The Morgan fingerprint density at radius 2 is 1.70 bits per heavy atom. The molecule has 44 heavy (non-hydrogen) atoms. The molecule has 0 saturated carbocycles. The molecule has 1 aromatic heterocycles. The molecule has 0 bridgehead atoms. The molecule has 1 heterocycles. The van der Waals surface area contributed by atoms with Gasteiger partial charge in [0, 0.05) is 28.9 Å². The number of alkyl halides is 3. The van der Waals surface area contributed by atoms with E-state index in [1.165, 1.54) is 12.3 Å². The van der Waals surface area contributed by atoms with Crippen molar-refractivity contribution in [3.8, 4) is 11.3 Å². The first-order valence-corrected chi connectivity index (χ1v) is 13.6. The smallest absolute Gasteiger partial charge is 0.399 e. The number of carbonyl (C=O) groups is 2. The van der Waals surface area contributed by atoms with Crippen LogP contribution in [0, 0.1) is 5.41 Å². The summed E-state index contributed by atoms with van der Waals surface area (Å²) in [5.41, 5.74) is 5.55. The van der Waals surface area contributed by atoms with Gasteiger partial charge in [-0.1, -0.05) is 62.1 Å². The Labute approximate surface area is 252 Å². The fraction of sp³-hybridized carbons (Fsp3) is 0.194. The van der Waals surface area contributed by atoms with Crippen LogP contribution in [0.2, 0.25) is 5.82 Å². The highest BCUT2D eigenvalue weighted by Crippen LogP contribution is 2.33. The zero-order valence-corrected chi connectivity index (χ0v) is 23.9. The SMILES string of the molecule is CC(C)[B]c1ncc(-c2cc(N)cc(C(F)(F)F)c2)n(CC(=O)NCc2ccc(C(=N)NC(=O)c3ccccc3)cc2)c1=O. The van der Waals surface area contributed by atoms with E-state index in [0.717, 1.165) is 16.7 Å². The number of nitrogen functional groups attached to an aromatic ring is 1. The molecular weight excluding hydrogens is 572 g/mol. The van der Waals surface area contributed by atoms with Gasteiger partial charge in [0.2, 0.25) is 5.91 Å². The van der Waals surface area contributed by atoms with Crippen molar-refractivity contribution in [2.24, 2.45) is 0 Å². The Morgan fingerprint density at radius 1 is 1.02 bits per heavy atom. The maximum atomic E-state index is 13.5. The van der Waals surface area contributed by atoms with Gasteiger partial charge in [0.15, 0.2) is 7.28 Å². The van der Waals surface area contributed by atoms with Crippen molar-refractivity contribution in [3.05, 3.63) is 112 Å². The van der Waals surface area contributed by atoms with E-state index in [1.54, 1.807) is 61.9 Å². The van der Waals surface area contributed by atoms with E-state index in [9.17, 15) is 27.6 Å². The Morgan fingerprint density at radius 3 is 2.34 bits per heavy atom. The van der Waals surface area contributed by atoms with Crippen LogP contribution in [0.3, 0.4) is 0 Å². The first-order valence-electron chi connectivity index (χ1n) is 13.6. The second kappa shape index (κ2) is 13.4. The number of hydrogen-bond acceptors (Lipinski definition) is 6. The molecule has 4 rings (SSSR count). The molecule has 9 nitrogen and oxygen atoms in total. The molecule has 0 aliphatic rings. The molecule has 0 aliphatic heterocycles. The summed E-state index contributed by atoms with van der Waals surface area (Å²) >= 11 is 0. The summed E-state index contributed by atoms with van der Waals surface area (Å²) in [6.45, 7) is 3.26. The van der Waals surface area contributed by atoms with Gasteiger partial charge in [-0.2, -0.15) is 13.2 Å². The predicted molar refractivity (Wildman–Crippen MR) is 163 cm³/mol. The summed E-state index contributed by atoms with van der Waals surface area (Å²) in [5, 5.41) is 13.4. The monoisotopic (exact) mass is 601 g/mol. The minimum absolute atomic E-state index is 0.00395. The molecule has 225 valence electrons. The van der Waals surface area contributed by atoms with E-state index in [-0.39, 0.29) is 40.7 Å². The van der Waals surface area contributed by atoms with Crippen LogP contribution in [-0.2, 0) is 24.1 Å². The number of carbonyl (C=O) groups excluding carboxylic acids is 2. The van der Waals surface area contributed by atoms with Crippen molar-refractivity contribution in [2.75, 3.05) is 5.73 Å². The third kappa shape index (κ3) is 8.00. The average molecular weight is 601 g/mol. The van der Waals surface area contributed by atoms with Gasteiger partial charge >= 0.3 is 6.18 Å². The molecule has 0 unspecified atom stereocenters. The normalized spacial score (nSPS) is 11.2. The molecule has 1 radical (unpaired) electrons. The maximum Gasteiger partial charge on any atom is 0.416 e. The number of rotatable bonds is 9. The van der Waals surface area contributed by atoms with Crippen LogP contribution in [0.4, 0.5) is 18.9 Å². The number of benzene rings is 3. The third-order valence-electron chi connectivity index (χ3n) is 6.46. The van der Waals surface area contributed by atoms with Crippen molar-refractivity contribution >= 4 is 36.2 Å². The number of amidine groups is 1. The number of nitrogens with zero attached hydrogens (tertiary/aromatic N) is 2. The molecule has 4 aromatic rings. The predicted octanol–water partition coefficient (Wildman–Crippen LogP) is 3.74. The Hall–Kier alpha value is -5.20. The lowest BCUT2D eigenvalue weighted by molar-refractivity contribution is -0.137. The summed E-state index contributed by atoms with van der Waals surface area (Å²) < 4.78 is 41.5. The largest absolute Gasteiger partial charge is 0.416 e. The van der Waals surface area contributed by atoms with Crippen molar-refractivity contribution in [1.29, 1.82) is 5.41 Å². The molecule has 2 amide bonds. The van der Waals surface area contributed by atoms with Crippen LogP contribution in [0.15, 0.2) is 83.8 Å². The van der Waals surface area contributed by atoms with Gasteiger partial charge in [-0.05, 0) is 35.9 Å². The first-order chi connectivity index (χ1) is 20.8. The van der Waals surface area contributed by atoms with E-state index < -0.39 is 35.7 Å². The third-order valence-corrected chi connectivity index (χ3v) is 6.46. The van der Waals surface area contributed by atoms with Crippen molar-refractivity contribution in [1.82, 2.24) is 20.2 Å². The summed E-state index contributed by atoms with van der Waals surface area (Å²) in [6, 6.07) is 18.0. The van der Waals surface area contributed by atoms with E-state index in [0.29, 0.717) is 16.7 Å². The van der Waals surface area contributed by atoms with Crippen LogP contribution in [0.1, 0.15) is 40.9 Å². The second-order valence-electron chi connectivity index (χ2n) is 10.3. The van der Waals surface area contributed by atoms with Gasteiger partial charge in [0.1, 0.15) is 12.4 Å². The highest BCUT2D eigenvalue weighted by molar-refractivity contribution is 6.53. The van der Waals surface area contributed by atoms with Gasteiger partial charge in [0.25, 0.3) is 11.5 Å². The number of aromatic nitrogens is 2. The number of hydrogen-bond donors (Lipinski definition) is 4. The lowest BCUT2D eigenvalue weighted by Crippen LogP contribution is -2.44. The Bertz CT molecular complexity index is 1740. The molecule has 3 aromatic carbocycles. The number of nitrogens with two attached hydrogens (primary N) is 1. The topological polar surface area (TPSA) is 143 Å². The lowest BCUT2D eigenvalue weighted by atomic mass is 9.63. The number of anilines is 1. The lowest BCUT2D eigenvalue weighted by Gasteiger charge is -2.17. The van der Waals surface area contributed by atoms with Crippen LogP contribution >= 0.6 is 0 Å². The van der Waals surface area contributed by atoms with E-state index in [2.05, 4.69) is 15.6 Å². The van der Waals surface area contributed by atoms with Gasteiger partial charge < -0.3 is 16.4 Å². The number of halogens is 3. The fourth-order valence-corrected chi connectivity index (χ4v) is 4.32. The van der Waals surface area contributed by atoms with E-state index in [4.69, 9.17) is 11.1 Å². The quantitative estimate of drug-likeness (QED) is 0.100. The molecule has 0 atom stereocenters.